The van der Waals surface area contributed by atoms with Gasteiger partial charge in [-0.15, -0.1) is 0 Å². The summed E-state index contributed by atoms with van der Waals surface area (Å²) in [5.74, 6) is -0.281. The van der Waals surface area contributed by atoms with E-state index in [0.717, 1.165) is 5.56 Å². The summed E-state index contributed by atoms with van der Waals surface area (Å²) in [6.45, 7) is 0.262. The molecule has 0 saturated heterocycles. The highest BCUT2D eigenvalue weighted by Crippen LogP contribution is 2.20. The molecule has 2 rings (SSSR count). The van der Waals surface area contributed by atoms with E-state index in [-0.39, 0.29) is 35.3 Å². The van der Waals surface area contributed by atoms with Gasteiger partial charge in [0.15, 0.2) is 0 Å². The Morgan fingerprint density at radius 3 is 2.25 bits per heavy atom. The van der Waals surface area contributed by atoms with E-state index in [0.29, 0.717) is 5.02 Å². The van der Waals surface area contributed by atoms with E-state index in [4.69, 9.17) is 23.2 Å². The molecular formula is C16H16Cl2N2O3S. The highest BCUT2D eigenvalue weighted by molar-refractivity contribution is 7.89. The van der Waals surface area contributed by atoms with Crippen molar-refractivity contribution in [1.29, 1.82) is 0 Å². The summed E-state index contributed by atoms with van der Waals surface area (Å²) in [7, 11) is -3.74. The molecule has 0 saturated carbocycles. The normalized spacial score (nSPS) is 11.2. The average Bonchev–Trinajstić information content (AvgIpc) is 2.54. The number of rotatable bonds is 7. The van der Waals surface area contributed by atoms with Crippen molar-refractivity contribution in [3.05, 3.63) is 64.1 Å². The predicted molar refractivity (Wildman–Crippen MR) is 94.6 cm³/mol. The minimum absolute atomic E-state index is 0.00807. The molecule has 128 valence electrons. The quantitative estimate of drug-likeness (QED) is 0.767. The van der Waals surface area contributed by atoms with Crippen molar-refractivity contribution in [2.24, 2.45) is 0 Å². The van der Waals surface area contributed by atoms with Crippen molar-refractivity contribution in [2.45, 2.75) is 17.9 Å². The minimum atomic E-state index is -3.74. The molecule has 1 amide bonds. The highest BCUT2D eigenvalue weighted by Gasteiger charge is 2.17. The van der Waals surface area contributed by atoms with Crippen LogP contribution in [0.15, 0.2) is 53.4 Å². The zero-order chi connectivity index (χ0) is 17.6. The van der Waals surface area contributed by atoms with Crippen LogP contribution in [0.1, 0.15) is 12.0 Å². The average molecular weight is 387 g/mol. The summed E-state index contributed by atoms with van der Waals surface area (Å²) in [5.41, 5.74) is 0.796. The molecule has 0 aliphatic heterocycles. The fraction of sp³-hybridized carbons (Fsp3) is 0.188. The smallest absolute Gasteiger partial charge is 0.242 e. The molecule has 5 nitrogen and oxygen atoms in total. The molecule has 0 aliphatic carbocycles. The fourth-order valence-corrected chi connectivity index (χ4v) is 3.72. The standard InChI is InChI=1S/C16H16Cl2N2O3S/c17-13-6-2-1-5-12(13)11-19-16(21)9-10-20-24(22,23)15-8-4-3-7-14(15)18/h1-8,20H,9-11H2,(H,19,21). The van der Waals surface area contributed by atoms with Crippen molar-refractivity contribution >= 4 is 39.1 Å². The summed E-state index contributed by atoms with van der Waals surface area (Å²) >= 11 is 11.9. The first-order valence-corrected chi connectivity index (χ1v) is 9.38. The van der Waals surface area contributed by atoms with Crippen LogP contribution in [0.4, 0.5) is 0 Å². The zero-order valence-electron chi connectivity index (χ0n) is 12.6. The first kappa shape index (κ1) is 18.7. The van der Waals surface area contributed by atoms with Crippen LogP contribution in [0.5, 0.6) is 0 Å². The highest BCUT2D eigenvalue weighted by atomic mass is 35.5. The maximum Gasteiger partial charge on any atom is 0.242 e. The number of carbonyl (C=O) groups is 1. The molecule has 0 aromatic heterocycles. The Balaban J connectivity index is 1.82. The molecule has 0 radical (unpaired) electrons. The van der Waals surface area contributed by atoms with Gasteiger partial charge in [-0.25, -0.2) is 13.1 Å². The van der Waals surface area contributed by atoms with Crippen LogP contribution in [0.3, 0.4) is 0 Å². The second-order valence-electron chi connectivity index (χ2n) is 4.95. The van der Waals surface area contributed by atoms with Gasteiger partial charge < -0.3 is 5.32 Å². The van der Waals surface area contributed by atoms with Gasteiger partial charge >= 0.3 is 0 Å². The number of carbonyl (C=O) groups excluding carboxylic acids is 1. The van der Waals surface area contributed by atoms with Crippen LogP contribution in [0.2, 0.25) is 10.0 Å². The summed E-state index contributed by atoms with van der Waals surface area (Å²) < 4.78 is 26.6. The Morgan fingerprint density at radius 1 is 0.958 bits per heavy atom. The summed E-state index contributed by atoms with van der Waals surface area (Å²) in [4.78, 5) is 11.8. The summed E-state index contributed by atoms with van der Waals surface area (Å²) in [6.07, 6.45) is 0.00807. The maximum absolute atomic E-state index is 12.1. The summed E-state index contributed by atoms with van der Waals surface area (Å²) in [5, 5.41) is 3.39. The van der Waals surface area contributed by atoms with Gasteiger partial charge in [-0.2, -0.15) is 0 Å². The lowest BCUT2D eigenvalue weighted by molar-refractivity contribution is -0.121. The SMILES string of the molecule is O=C(CCNS(=O)(=O)c1ccccc1Cl)NCc1ccccc1Cl. The van der Waals surface area contributed by atoms with E-state index >= 15 is 0 Å². The fourth-order valence-electron chi connectivity index (χ4n) is 1.96. The zero-order valence-corrected chi connectivity index (χ0v) is 15.0. The second kappa shape index (κ2) is 8.48. The lowest BCUT2D eigenvalue weighted by Gasteiger charge is -2.09. The molecule has 8 heteroatoms. The molecule has 0 bridgehead atoms. The Hall–Kier alpha value is -1.60. The molecular weight excluding hydrogens is 371 g/mol. The van der Waals surface area contributed by atoms with Crippen molar-refractivity contribution < 1.29 is 13.2 Å². The third-order valence-electron chi connectivity index (χ3n) is 3.20. The van der Waals surface area contributed by atoms with Crippen molar-refractivity contribution in [1.82, 2.24) is 10.0 Å². The lowest BCUT2D eigenvalue weighted by atomic mass is 10.2. The molecule has 2 N–H and O–H groups in total. The van der Waals surface area contributed by atoms with E-state index < -0.39 is 10.0 Å². The third-order valence-corrected chi connectivity index (χ3v) is 5.53. The largest absolute Gasteiger partial charge is 0.352 e. The van der Waals surface area contributed by atoms with Crippen molar-refractivity contribution in [3.8, 4) is 0 Å². The Kier molecular flexibility index (Phi) is 6.62. The Morgan fingerprint density at radius 2 is 1.58 bits per heavy atom. The van der Waals surface area contributed by atoms with Gasteiger partial charge in [0.05, 0.1) is 5.02 Å². The van der Waals surface area contributed by atoms with Crippen LogP contribution in [-0.2, 0) is 21.4 Å². The van der Waals surface area contributed by atoms with Crippen LogP contribution >= 0.6 is 23.2 Å². The van der Waals surface area contributed by atoms with E-state index in [1.165, 1.54) is 12.1 Å². The molecule has 0 fully saturated rings. The van der Waals surface area contributed by atoms with Gasteiger partial charge in [-0.3, -0.25) is 4.79 Å². The first-order valence-electron chi connectivity index (χ1n) is 7.14. The van der Waals surface area contributed by atoms with Gasteiger partial charge in [-0.05, 0) is 23.8 Å². The van der Waals surface area contributed by atoms with E-state index in [9.17, 15) is 13.2 Å². The lowest BCUT2D eigenvalue weighted by Crippen LogP contribution is -2.30. The molecule has 0 aliphatic rings. The molecule has 0 heterocycles. The number of amides is 1. The Labute approximate surface area is 151 Å². The molecule has 0 atom stereocenters. The van der Waals surface area contributed by atoms with Crippen molar-refractivity contribution in [2.75, 3.05) is 6.54 Å². The van der Waals surface area contributed by atoms with E-state index in [1.807, 2.05) is 12.1 Å². The third kappa shape index (κ3) is 5.21. The molecule has 0 unspecified atom stereocenters. The monoisotopic (exact) mass is 386 g/mol. The van der Waals surface area contributed by atoms with Crippen LogP contribution in [0, 0.1) is 0 Å². The number of sulfonamides is 1. The van der Waals surface area contributed by atoms with Gasteiger partial charge in [0.25, 0.3) is 0 Å². The number of nitrogens with one attached hydrogen (secondary N) is 2. The molecule has 2 aromatic rings. The molecule has 2 aromatic carbocycles. The van der Waals surface area contributed by atoms with Gasteiger partial charge in [0, 0.05) is 24.5 Å². The topological polar surface area (TPSA) is 75.3 Å². The molecule has 24 heavy (non-hydrogen) atoms. The number of hydrogen-bond donors (Lipinski definition) is 2. The maximum atomic E-state index is 12.1. The van der Waals surface area contributed by atoms with Gasteiger partial charge in [0.2, 0.25) is 15.9 Å². The van der Waals surface area contributed by atoms with E-state index in [1.54, 1.807) is 24.3 Å². The van der Waals surface area contributed by atoms with E-state index in [2.05, 4.69) is 10.0 Å². The second-order valence-corrected chi connectivity index (χ2v) is 7.50. The minimum Gasteiger partial charge on any atom is -0.352 e. The molecule has 0 spiro atoms. The number of benzene rings is 2. The van der Waals surface area contributed by atoms with Gasteiger partial charge in [0.1, 0.15) is 4.90 Å². The van der Waals surface area contributed by atoms with Crippen LogP contribution in [-0.4, -0.2) is 20.9 Å². The van der Waals surface area contributed by atoms with Crippen LogP contribution < -0.4 is 10.0 Å². The first-order chi connectivity index (χ1) is 11.4. The predicted octanol–water partition coefficient (Wildman–Crippen LogP) is 2.98. The Bertz CT molecular complexity index is 826. The number of halogens is 2. The number of hydrogen-bond acceptors (Lipinski definition) is 3. The van der Waals surface area contributed by atoms with Crippen LogP contribution in [0.25, 0.3) is 0 Å². The summed E-state index contributed by atoms with van der Waals surface area (Å²) in [6, 6.07) is 13.3. The van der Waals surface area contributed by atoms with Crippen molar-refractivity contribution in [3.63, 3.8) is 0 Å². The van der Waals surface area contributed by atoms with Gasteiger partial charge in [-0.1, -0.05) is 53.5 Å².